The minimum Gasteiger partial charge on any atom is -0.493 e. The number of hydrogen-bond acceptors (Lipinski definition) is 4. The summed E-state index contributed by atoms with van der Waals surface area (Å²) >= 11 is 0. The standard InChI is InChI=1S/C26H31NO4/c1-4-21(26(28)29)23-11-9-19-15-20(10-12-22(19)23)30-14-13-24-17(3)27-25(31-24)18-7-5-16(2)6-8-18/h5-8,10,12,15,17,21,23-24H,4,9,11,13-14H2,1-3H3,(H,28,29). The van der Waals surface area contributed by atoms with E-state index in [1.165, 1.54) is 16.7 Å². The number of fused-ring (bicyclic) bond motifs is 1. The Morgan fingerprint density at radius 1 is 1.26 bits per heavy atom. The van der Waals surface area contributed by atoms with Crippen molar-refractivity contribution in [2.24, 2.45) is 10.9 Å². The van der Waals surface area contributed by atoms with Crippen LogP contribution in [-0.4, -0.2) is 35.7 Å². The van der Waals surface area contributed by atoms with Gasteiger partial charge >= 0.3 is 5.97 Å². The number of aliphatic carboxylic acids is 1. The van der Waals surface area contributed by atoms with Gasteiger partial charge < -0.3 is 14.6 Å². The molecular weight excluding hydrogens is 390 g/mol. The van der Waals surface area contributed by atoms with Crippen LogP contribution in [0.1, 0.15) is 61.3 Å². The maximum atomic E-state index is 11.6. The molecule has 0 bridgehead atoms. The van der Waals surface area contributed by atoms with E-state index in [0.29, 0.717) is 18.9 Å². The van der Waals surface area contributed by atoms with Gasteiger partial charge in [0.25, 0.3) is 0 Å². The van der Waals surface area contributed by atoms with E-state index in [4.69, 9.17) is 9.47 Å². The van der Waals surface area contributed by atoms with E-state index in [-0.39, 0.29) is 24.0 Å². The van der Waals surface area contributed by atoms with Gasteiger partial charge in [0, 0.05) is 12.0 Å². The van der Waals surface area contributed by atoms with Gasteiger partial charge in [-0.2, -0.15) is 0 Å². The van der Waals surface area contributed by atoms with Crippen LogP contribution in [0.15, 0.2) is 47.5 Å². The average molecular weight is 422 g/mol. The quantitative estimate of drug-likeness (QED) is 0.641. The fourth-order valence-corrected chi connectivity index (χ4v) is 4.74. The Labute approximate surface area is 184 Å². The van der Waals surface area contributed by atoms with Crippen LogP contribution in [0.3, 0.4) is 0 Å². The highest BCUT2D eigenvalue weighted by Crippen LogP contribution is 2.41. The fourth-order valence-electron chi connectivity index (χ4n) is 4.74. The summed E-state index contributed by atoms with van der Waals surface area (Å²) in [5.74, 6) is 0.657. The van der Waals surface area contributed by atoms with Crippen LogP contribution in [0.4, 0.5) is 0 Å². The van der Waals surface area contributed by atoms with Gasteiger partial charge in [0.15, 0.2) is 0 Å². The second-order valence-corrected chi connectivity index (χ2v) is 8.69. The topological polar surface area (TPSA) is 68.1 Å². The molecule has 2 aromatic carbocycles. The molecular formula is C26H31NO4. The molecule has 31 heavy (non-hydrogen) atoms. The van der Waals surface area contributed by atoms with Gasteiger partial charge in [0.2, 0.25) is 5.90 Å². The number of benzene rings is 2. The van der Waals surface area contributed by atoms with Crippen molar-refractivity contribution in [3.05, 3.63) is 64.7 Å². The maximum Gasteiger partial charge on any atom is 0.307 e. The highest BCUT2D eigenvalue weighted by atomic mass is 16.5. The Kier molecular flexibility index (Phi) is 6.30. The van der Waals surface area contributed by atoms with Crippen LogP contribution < -0.4 is 4.74 Å². The molecule has 0 saturated heterocycles. The fraction of sp³-hybridized carbons (Fsp3) is 0.462. The highest BCUT2D eigenvalue weighted by molar-refractivity contribution is 5.95. The minimum atomic E-state index is -0.696. The third-order valence-corrected chi connectivity index (χ3v) is 6.57. The lowest BCUT2D eigenvalue weighted by atomic mass is 9.85. The first-order valence-corrected chi connectivity index (χ1v) is 11.3. The summed E-state index contributed by atoms with van der Waals surface area (Å²) in [4.78, 5) is 16.3. The van der Waals surface area contributed by atoms with Crippen LogP contribution in [0, 0.1) is 12.8 Å². The highest BCUT2D eigenvalue weighted by Gasteiger charge is 2.33. The smallest absolute Gasteiger partial charge is 0.307 e. The van der Waals surface area contributed by atoms with Crippen molar-refractivity contribution in [3.63, 3.8) is 0 Å². The number of aryl methyl sites for hydroxylation is 2. The Morgan fingerprint density at radius 3 is 2.74 bits per heavy atom. The minimum absolute atomic E-state index is 0.0102. The van der Waals surface area contributed by atoms with E-state index in [1.807, 2.05) is 25.1 Å². The summed E-state index contributed by atoms with van der Waals surface area (Å²) in [6.45, 7) is 6.65. The molecule has 0 saturated carbocycles. The van der Waals surface area contributed by atoms with Crippen LogP contribution >= 0.6 is 0 Å². The van der Waals surface area contributed by atoms with E-state index in [2.05, 4.69) is 43.1 Å². The molecule has 1 heterocycles. The molecule has 1 aliphatic carbocycles. The second-order valence-electron chi connectivity index (χ2n) is 8.69. The van der Waals surface area contributed by atoms with Crippen molar-refractivity contribution >= 4 is 11.9 Å². The molecule has 4 atom stereocenters. The van der Waals surface area contributed by atoms with E-state index in [0.717, 1.165) is 30.6 Å². The second kappa shape index (κ2) is 9.13. The number of hydrogen-bond donors (Lipinski definition) is 1. The molecule has 2 aliphatic rings. The molecule has 164 valence electrons. The summed E-state index contributed by atoms with van der Waals surface area (Å²) in [5, 5.41) is 9.51. The summed E-state index contributed by atoms with van der Waals surface area (Å²) in [6, 6.07) is 14.4. The molecule has 5 heteroatoms. The molecule has 2 aromatic rings. The van der Waals surface area contributed by atoms with Crippen molar-refractivity contribution < 1.29 is 19.4 Å². The third-order valence-electron chi connectivity index (χ3n) is 6.57. The Morgan fingerprint density at radius 2 is 2.03 bits per heavy atom. The van der Waals surface area contributed by atoms with Crippen molar-refractivity contribution in [1.82, 2.24) is 0 Å². The molecule has 0 radical (unpaired) electrons. The zero-order valence-corrected chi connectivity index (χ0v) is 18.5. The summed E-state index contributed by atoms with van der Waals surface area (Å²) in [7, 11) is 0. The predicted molar refractivity (Wildman–Crippen MR) is 121 cm³/mol. The van der Waals surface area contributed by atoms with Gasteiger partial charge in [0.1, 0.15) is 11.9 Å². The zero-order chi connectivity index (χ0) is 22.0. The van der Waals surface area contributed by atoms with Gasteiger partial charge in [-0.05, 0) is 74.4 Å². The van der Waals surface area contributed by atoms with E-state index in [1.54, 1.807) is 0 Å². The number of carbonyl (C=O) groups is 1. The lowest BCUT2D eigenvalue weighted by Crippen LogP contribution is -2.22. The van der Waals surface area contributed by atoms with Crippen LogP contribution in [0.25, 0.3) is 0 Å². The van der Waals surface area contributed by atoms with E-state index >= 15 is 0 Å². The Hall–Kier alpha value is -2.82. The average Bonchev–Trinajstić information content (AvgIpc) is 3.32. The lowest BCUT2D eigenvalue weighted by Gasteiger charge is -2.19. The predicted octanol–water partition coefficient (Wildman–Crippen LogP) is 5.14. The first-order valence-electron chi connectivity index (χ1n) is 11.3. The largest absolute Gasteiger partial charge is 0.493 e. The third kappa shape index (κ3) is 4.60. The summed E-state index contributed by atoms with van der Waals surface area (Å²) in [6.07, 6.45) is 3.24. The Balaban J connectivity index is 1.32. The molecule has 0 fully saturated rings. The molecule has 4 rings (SSSR count). The molecule has 1 aliphatic heterocycles. The van der Waals surface area contributed by atoms with Crippen molar-refractivity contribution in [1.29, 1.82) is 0 Å². The van der Waals surface area contributed by atoms with Crippen molar-refractivity contribution in [2.45, 2.75) is 64.5 Å². The zero-order valence-electron chi connectivity index (χ0n) is 18.5. The monoisotopic (exact) mass is 421 g/mol. The van der Waals surface area contributed by atoms with E-state index in [9.17, 15) is 9.90 Å². The Bertz CT molecular complexity index is 966. The molecule has 4 unspecified atom stereocenters. The SMILES string of the molecule is CCC(C(=O)O)C1CCc2cc(OCCC3OC(c4ccc(C)cc4)=NC3C)ccc21. The molecule has 0 amide bonds. The van der Waals surface area contributed by atoms with E-state index < -0.39 is 5.97 Å². The molecule has 0 spiro atoms. The number of ether oxygens (including phenoxy) is 2. The van der Waals surface area contributed by atoms with Gasteiger partial charge in [-0.25, -0.2) is 4.99 Å². The number of carboxylic acid groups (broad SMARTS) is 1. The van der Waals surface area contributed by atoms with Gasteiger partial charge in [0.05, 0.1) is 18.6 Å². The summed E-state index contributed by atoms with van der Waals surface area (Å²) < 4.78 is 12.1. The van der Waals surface area contributed by atoms with Crippen LogP contribution in [-0.2, 0) is 16.0 Å². The van der Waals surface area contributed by atoms with Crippen molar-refractivity contribution in [3.8, 4) is 5.75 Å². The first kappa shape index (κ1) is 21.4. The number of aliphatic imine (C=N–C) groups is 1. The summed E-state index contributed by atoms with van der Waals surface area (Å²) in [5.41, 5.74) is 4.62. The normalized spacial score (nSPS) is 23.1. The van der Waals surface area contributed by atoms with Gasteiger partial charge in [-0.3, -0.25) is 4.79 Å². The molecule has 5 nitrogen and oxygen atoms in total. The number of carboxylic acids is 1. The van der Waals surface area contributed by atoms with Crippen LogP contribution in [0.2, 0.25) is 0 Å². The lowest BCUT2D eigenvalue weighted by molar-refractivity contribution is -0.142. The maximum absolute atomic E-state index is 11.6. The molecule has 1 N–H and O–H groups in total. The molecule has 0 aromatic heterocycles. The number of nitrogens with zero attached hydrogens (tertiary/aromatic N) is 1. The first-order chi connectivity index (χ1) is 15.0. The van der Waals surface area contributed by atoms with Crippen molar-refractivity contribution in [2.75, 3.05) is 6.61 Å². The van der Waals surface area contributed by atoms with Crippen LogP contribution in [0.5, 0.6) is 5.75 Å². The number of rotatable bonds is 8. The van der Waals surface area contributed by atoms with Gasteiger partial charge in [-0.15, -0.1) is 0 Å². The van der Waals surface area contributed by atoms with Gasteiger partial charge in [-0.1, -0.05) is 30.7 Å².